The summed E-state index contributed by atoms with van der Waals surface area (Å²) in [6.45, 7) is 2.06. The first-order chi connectivity index (χ1) is 10.1. The van der Waals surface area contributed by atoms with Gasteiger partial charge in [-0.15, -0.1) is 0 Å². The Balaban J connectivity index is 2.01. The molecule has 1 saturated heterocycles. The van der Waals surface area contributed by atoms with Crippen molar-refractivity contribution < 1.29 is 0 Å². The Morgan fingerprint density at radius 3 is 2.71 bits per heavy atom. The van der Waals surface area contributed by atoms with Crippen LogP contribution in [0.3, 0.4) is 0 Å². The van der Waals surface area contributed by atoms with Crippen molar-refractivity contribution in [1.29, 1.82) is 0 Å². The van der Waals surface area contributed by atoms with Gasteiger partial charge in [-0.2, -0.15) is 10.2 Å². The molecule has 0 N–H and O–H groups in total. The molecule has 0 spiro atoms. The van der Waals surface area contributed by atoms with Crippen LogP contribution in [0.2, 0.25) is 5.15 Å². The molecule has 3 aromatic heterocycles. The SMILES string of the molecule is Cn1nc(Cl)c2cn3nc(N4CCCC4)ccc3c2c1=O. The van der Waals surface area contributed by atoms with Crippen LogP contribution < -0.4 is 10.5 Å². The van der Waals surface area contributed by atoms with Crippen LogP contribution in [0.1, 0.15) is 12.8 Å². The fourth-order valence-electron chi connectivity index (χ4n) is 2.94. The molecule has 0 aliphatic carbocycles. The minimum Gasteiger partial charge on any atom is -0.355 e. The van der Waals surface area contributed by atoms with Gasteiger partial charge in [0.1, 0.15) is 5.82 Å². The molecular weight excluding hydrogens is 290 g/mol. The monoisotopic (exact) mass is 303 g/mol. The van der Waals surface area contributed by atoms with Crippen LogP contribution in [0, 0.1) is 0 Å². The van der Waals surface area contributed by atoms with Gasteiger partial charge in [0.15, 0.2) is 5.15 Å². The summed E-state index contributed by atoms with van der Waals surface area (Å²) in [6.07, 6.45) is 4.17. The van der Waals surface area contributed by atoms with Gasteiger partial charge in [-0.05, 0) is 25.0 Å². The number of rotatable bonds is 1. The molecule has 1 aliphatic rings. The largest absolute Gasteiger partial charge is 0.355 e. The smallest absolute Gasteiger partial charge is 0.276 e. The molecule has 1 fully saturated rings. The molecule has 0 amide bonds. The molecule has 3 aromatic rings. The molecule has 0 saturated carbocycles. The van der Waals surface area contributed by atoms with Crippen LogP contribution in [-0.4, -0.2) is 32.5 Å². The average molecular weight is 304 g/mol. The molecule has 108 valence electrons. The lowest BCUT2D eigenvalue weighted by molar-refractivity contribution is 0.719. The Kier molecular flexibility index (Phi) is 2.68. The second kappa shape index (κ2) is 4.46. The Hall–Kier alpha value is -2.08. The minimum absolute atomic E-state index is 0.160. The van der Waals surface area contributed by atoms with E-state index in [-0.39, 0.29) is 5.56 Å². The van der Waals surface area contributed by atoms with Crippen molar-refractivity contribution in [3.05, 3.63) is 33.8 Å². The fraction of sp³-hybridized carbons (Fsp3) is 0.357. The van der Waals surface area contributed by atoms with Crippen molar-refractivity contribution >= 4 is 33.7 Å². The molecule has 4 heterocycles. The predicted octanol–water partition coefficient (Wildman–Crippen LogP) is 1.83. The highest BCUT2D eigenvalue weighted by molar-refractivity contribution is 6.34. The van der Waals surface area contributed by atoms with Crippen molar-refractivity contribution in [2.24, 2.45) is 7.05 Å². The normalized spacial score (nSPS) is 15.4. The zero-order chi connectivity index (χ0) is 14.6. The minimum atomic E-state index is -0.160. The number of aromatic nitrogens is 4. The quantitative estimate of drug-likeness (QED) is 0.688. The number of hydrogen-bond donors (Lipinski definition) is 0. The molecule has 21 heavy (non-hydrogen) atoms. The summed E-state index contributed by atoms with van der Waals surface area (Å²) in [5.41, 5.74) is 0.602. The summed E-state index contributed by atoms with van der Waals surface area (Å²) in [4.78, 5) is 14.5. The first-order valence-corrected chi connectivity index (χ1v) is 7.33. The third kappa shape index (κ3) is 1.82. The van der Waals surface area contributed by atoms with Gasteiger partial charge in [0.05, 0.1) is 10.9 Å². The van der Waals surface area contributed by atoms with E-state index in [4.69, 9.17) is 11.6 Å². The average Bonchev–Trinajstić information content (AvgIpc) is 3.11. The molecule has 0 atom stereocenters. The Labute approximate surface area is 125 Å². The zero-order valence-corrected chi connectivity index (χ0v) is 12.3. The van der Waals surface area contributed by atoms with Crippen LogP contribution in [0.25, 0.3) is 16.3 Å². The zero-order valence-electron chi connectivity index (χ0n) is 11.6. The topological polar surface area (TPSA) is 55.4 Å². The van der Waals surface area contributed by atoms with Crippen LogP contribution in [-0.2, 0) is 7.05 Å². The molecule has 7 heteroatoms. The highest BCUT2D eigenvalue weighted by Gasteiger charge is 2.17. The lowest BCUT2D eigenvalue weighted by Gasteiger charge is -2.15. The van der Waals surface area contributed by atoms with Gasteiger partial charge < -0.3 is 4.90 Å². The maximum atomic E-state index is 12.3. The van der Waals surface area contributed by atoms with Gasteiger partial charge in [-0.25, -0.2) is 9.20 Å². The first kappa shape index (κ1) is 12.6. The van der Waals surface area contributed by atoms with E-state index in [1.54, 1.807) is 17.8 Å². The molecule has 1 aliphatic heterocycles. The summed E-state index contributed by atoms with van der Waals surface area (Å²) < 4.78 is 2.99. The van der Waals surface area contributed by atoms with Crippen molar-refractivity contribution in [2.75, 3.05) is 18.0 Å². The summed E-state index contributed by atoms with van der Waals surface area (Å²) in [7, 11) is 1.60. The lowest BCUT2D eigenvalue weighted by atomic mass is 10.2. The molecule has 0 bridgehead atoms. The van der Waals surface area contributed by atoms with Gasteiger partial charge in [-0.3, -0.25) is 4.79 Å². The number of anilines is 1. The highest BCUT2D eigenvalue weighted by Crippen LogP contribution is 2.25. The van der Waals surface area contributed by atoms with E-state index >= 15 is 0 Å². The summed E-state index contributed by atoms with van der Waals surface area (Å²) in [5.74, 6) is 0.932. The fourth-order valence-corrected chi connectivity index (χ4v) is 3.19. The van der Waals surface area contributed by atoms with E-state index in [0.29, 0.717) is 15.9 Å². The van der Waals surface area contributed by atoms with Crippen LogP contribution >= 0.6 is 11.6 Å². The number of halogens is 1. The van der Waals surface area contributed by atoms with E-state index in [9.17, 15) is 4.79 Å². The van der Waals surface area contributed by atoms with Gasteiger partial charge in [-0.1, -0.05) is 11.6 Å². The van der Waals surface area contributed by atoms with E-state index in [0.717, 1.165) is 24.4 Å². The van der Waals surface area contributed by atoms with Gasteiger partial charge in [0.2, 0.25) is 0 Å². The van der Waals surface area contributed by atoms with E-state index in [1.807, 2.05) is 12.1 Å². The number of aryl methyl sites for hydroxylation is 1. The molecule has 6 nitrogen and oxygen atoms in total. The first-order valence-electron chi connectivity index (χ1n) is 6.95. The third-order valence-electron chi connectivity index (χ3n) is 4.02. The molecule has 0 unspecified atom stereocenters. The molecule has 0 aromatic carbocycles. The van der Waals surface area contributed by atoms with Crippen LogP contribution in [0.15, 0.2) is 23.1 Å². The summed E-state index contributed by atoms with van der Waals surface area (Å²) in [5, 5.41) is 10.2. The lowest BCUT2D eigenvalue weighted by Crippen LogP contribution is -2.20. The van der Waals surface area contributed by atoms with Crippen molar-refractivity contribution in [2.45, 2.75) is 12.8 Å². The van der Waals surface area contributed by atoms with Gasteiger partial charge in [0, 0.05) is 31.7 Å². The Bertz CT molecular complexity index is 907. The maximum absolute atomic E-state index is 12.3. The maximum Gasteiger partial charge on any atom is 0.276 e. The second-order valence-corrected chi connectivity index (χ2v) is 5.71. The van der Waals surface area contributed by atoms with Crippen LogP contribution in [0.5, 0.6) is 0 Å². The Morgan fingerprint density at radius 1 is 1.19 bits per heavy atom. The van der Waals surface area contributed by atoms with E-state index in [2.05, 4.69) is 15.1 Å². The number of hydrogen-bond acceptors (Lipinski definition) is 4. The molecule has 4 rings (SSSR count). The molecule has 0 radical (unpaired) electrons. The van der Waals surface area contributed by atoms with Crippen molar-refractivity contribution in [3.8, 4) is 0 Å². The second-order valence-electron chi connectivity index (χ2n) is 5.35. The standard InChI is InChI=1S/C14H14ClN5O/c1-18-14(21)12-9(13(15)17-18)8-20-10(12)4-5-11(16-20)19-6-2-3-7-19/h4-5,8H,2-3,6-7H2,1H3. The number of nitrogens with zero attached hydrogens (tertiary/aromatic N) is 5. The Morgan fingerprint density at radius 2 is 1.95 bits per heavy atom. The van der Waals surface area contributed by atoms with Gasteiger partial charge >= 0.3 is 0 Å². The van der Waals surface area contributed by atoms with Gasteiger partial charge in [0.25, 0.3) is 5.56 Å². The summed E-state index contributed by atoms with van der Waals surface area (Å²) in [6, 6.07) is 3.90. The van der Waals surface area contributed by atoms with Crippen LogP contribution in [0.4, 0.5) is 5.82 Å². The van der Waals surface area contributed by atoms with E-state index < -0.39 is 0 Å². The molecular formula is C14H14ClN5O. The highest BCUT2D eigenvalue weighted by atomic mass is 35.5. The predicted molar refractivity (Wildman–Crippen MR) is 82.2 cm³/mol. The van der Waals surface area contributed by atoms with Crippen molar-refractivity contribution in [1.82, 2.24) is 19.4 Å². The summed E-state index contributed by atoms with van der Waals surface area (Å²) >= 11 is 6.15. The number of fused-ring (bicyclic) bond motifs is 3. The van der Waals surface area contributed by atoms with E-state index in [1.165, 1.54) is 17.5 Å². The van der Waals surface area contributed by atoms with Crippen molar-refractivity contribution in [3.63, 3.8) is 0 Å². The third-order valence-corrected chi connectivity index (χ3v) is 4.30.